The predicted molar refractivity (Wildman–Crippen MR) is 89.3 cm³/mol. The summed E-state index contributed by atoms with van der Waals surface area (Å²) in [5.74, 6) is 0.894. The molecule has 0 spiro atoms. The van der Waals surface area contributed by atoms with E-state index in [9.17, 15) is 4.79 Å². The first-order valence-corrected chi connectivity index (χ1v) is 8.40. The van der Waals surface area contributed by atoms with Gasteiger partial charge in [0.25, 0.3) is 0 Å². The van der Waals surface area contributed by atoms with Gasteiger partial charge in [-0.2, -0.15) is 0 Å². The van der Waals surface area contributed by atoms with Crippen LogP contribution in [-0.2, 0) is 6.42 Å². The summed E-state index contributed by atoms with van der Waals surface area (Å²) in [6.45, 7) is 7.76. The van der Waals surface area contributed by atoms with E-state index in [1.807, 2.05) is 30.9 Å². The normalized spacial score (nSPS) is 17.8. The number of amides is 2. The highest BCUT2D eigenvalue weighted by molar-refractivity contribution is 5.74. The zero-order valence-corrected chi connectivity index (χ0v) is 14.0. The van der Waals surface area contributed by atoms with E-state index in [-0.39, 0.29) is 12.1 Å². The van der Waals surface area contributed by atoms with E-state index < -0.39 is 0 Å². The van der Waals surface area contributed by atoms with Gasteiger partial charge in [0, 0.05) is 19.1 Å². The van der Waals surface area contributed by atoms with Crippen LogP contribution in [0, 0.1) is 0 Å². The topological polar surface area (TPSA) is 41.6 Å². The van der Waals surface area contributed by atoms with Crippen LogP contribution in [0.1, 0.15) is 45.6 Å². The van der Waals surface area contributed by atoms with Crippen LogP contribution in [0.2, 0.25) is 0 Å². The molecule has 1 aromatic rings. The van der Waals surface area contributed by atoms with Crippen molar-refractivity contribution in [2.45, 2.75) is 58.6 Å². The first kappa shape index (κ1) is 16.7. The van der Waals surface area contributed by atoms with E-state index >= 15 is 0 Å². The Morgan fingerprint density at radius 3 is 2.73 bits per heavy atom. The van der Waals surface area contributed by atoms with Crippen molar-refractivity contribution in [1.82, 2.24) is 10.2 Å². The van der Waals surface area contributed by atoms with Crippen LogP contribution in [0.25, 0.3) is 0 Å². The molecule has 0 saturated carbocycles. The number of hydrogen-bond donors (Lipinski definition) is 1. The monoisotopic (exact) mass is 304 g/mol. The summed E-state index contributed by atoms with van der Waals surface area (Å²) >= 11 is 0. The van der Waals surface area contributed by atoms with Crippen molar-refractivity contribution < 1.29 is 9.53 Å². The first-order valence-electron chi connectivity index (χ1n) is 8.40. The smallest absolute Gasteiger partial charge is 0.317 e. The maximum Gasteiger partial charge on any atom is 0.317 e. The fraction of sp³-hybridized carbons (Fsp3) is 0.611. The maximum absolute atomic E-state index is 12.2. The van der Waals surface area contributed by atoms with Gasteiger partial charge < -0.3 is 15.0 Å². The van der Waals surface area contributed by atoms with E-state index in [1.165, 1.54) is 5.56 Å². The van der Waals surface area contributed by atoms with Gasteiger partial charge in [-0.25, -0.2) is 4.79 Å². The Labute approximate surface area is 133 Å². The van der Waals surface area contributed by atoms with Crippen LogP contribution in [0.4, 0.5) is 4.79 Å². The molecule has 1 atom stereocenters. The molecule has 2 amide bonds. The molecule has 1 aliphatic heterocycles. The zero-order chi connectivity index (χ0) is 15.9. The molecule has 1 N–H and O–H groups in total. The van der Waals surface area contributed by atoms with Gasteiger partial charge in [0.15, 0.2) is 0 Å². The molecule has 4 nitrogen and oxygen atoms in total. The molecule has 22 heavy (non-hydrogen) atoms. The lowest BCUT2D eigenvalue weighted by Crippen LogP contribution is -2.43. The molecule has 4 heteroatoms. The number of benzene rings is 1. The Morgan fingerprint density at radius 1 is 1.36 bits per heavy atom. The van der Waals surface area contributed by atoms with E-state index in [0.717, 1.165) is 38.0 Å². The minimum absolute atomic E-state index is 0.0871. The highest BCUT2D eigenvalue weighted by Gasteiger charge is 2.26. The first-order chi connectivity index (χ1) is 10.6. The van der Waals surface area contributed by atoms with Crippen molar-refractivity contribution in [2.75, 3.05) is 13.1 Å². The van der Waals surface area contributed by atoms with Gasteiger partial charge in [-0.05, 0) is 57.2 Å². The molecular formula is C18H28N2O2. The average molecular weight is 304 g/mol. The third-order valence-electron chi connectivity index (χ3n) is 4.09. The van der Waals surface area contributed by atoms with Gasteiger partial charge in [-0.3, -0.25) is 0 Å². The Balaban J connectivity index is 1.75. The van der Waals surface area contributed by atoms with E-state index in [0.29, 0.717) is 12.6 Å². The number of likely N-dealkylation sites (tertiary alicyclic amines) is 1. The molecule has 1 fully saturated rings. The number of rotatable bonds is 6. The fourth-order valence-corrected chi connectivity index (χ4v) is 2.95. The highest BCUT2D eigenvalue weighted by Crippen LogP contribution is 2.19. The van der Waals surface area contributed by atoms with Gasteiger partial charge in [-0.1, -0.05) is 19.1 Å². The number of ether oxygens (including phenoxy) is 1. The van der Waals surface area contributed by atoms with Crippen molar-refractivity contribution in [2.24, 2.45) is 0 Å². The van der Waals surface area contributed by atoms with Crippen LogP contribution in [0.15, 0.2) is 24.3 Å². The second-order valence-electron chi connectivity index (χ2n) is 6.19. The van der Waals surface area contributed by atoms with E-state index in [1.54, 1.807) is 0 Å². The van der Waals surface area contributed by atoms with Crippen molar-refractivity contribution in [3.63, 3.8) is 0 Å². The summed E-state index contributed by atoms with van der Waals surface area (Å²) in [6.07, 6.45) is 4.35. The molecule has 0 aliphatic carbocycles. The maximum atomic E-state index is 12.2. The van der Waals surface area contributed by atoms with Crippen LogP contribution in [0.5, 0.6) is 5.75 Å². The largest absolute Gasteiger partial charge is 0.491 e. The van der Waals surface area contributed by atoms with Crippen LogP contribution in [0.3, 0.4) is 0 Å². The van der Waals surface area contributed by atoms with Crippen molar-refractivity contribution >= 4 is 6.03 Å². The molecule has 2 rings (SSSR count). The number of hydrogen-bond acceptors (Lipinski definition) is 2. The second-order valence-corrected chi connectivity index (χ2v) is 6.19. The average Bonchev–Trinajstić information content (AvgIpc) is 2.97. The Bertz CT molecular complexity index is 470. The third kappa shape index (κ3) is 4.65. The number of carbonyl (C=O) groups excluding carboxylic acids is 1. The predicted octanol–water partition coefficient (Wildman–Crippen LogP) is 3.60. The van der Waals surface area contributed by atoms with Crippen LogP contribution < -0.4 is 10.1 Å². The lowest BCUT2D eigenvalue weighted by molar-refractivity contribution is 0.191. The van der Waals surface area contributed by atoms with Crippen LogP contribution in [-0.4, -0.2) is 36.2 Å². The van der Waals surface area contributed by atoms with Gasteiger partial charge in [0.2, 0.25) is 0 Å². The van der Waals surface area contributed by atoms with Gasteiger partial charge in [0.05, 0.1) is 6.10 Å². The molecule has 122 valence electrons. The molecule has 1 aromatic carbocycles. The fourth-order valence-electron chi connectivity index (χ4n) is 2.95. The Morgan fingerprint density at radius 2 is 2.09 bits per heavy atom. The minimum Gasteiger partial charge on any atom is -0.491 e. The Kier molecular flexibility index (Phi) is 6.10. The molecule has 1 saturated heterocycles. The molecular weight excluding hydrogens is 276 g/mol. The van der Waals surface area contributed by atoms with E-state index in [2.05, 4.69) is 24.4 Å². The summed E-state index contributed by atoms with van der Waals surface area (Å²) in [4.78, 5) is 14.2. The number of urea groups is 1. The summed E-state index contributed by atoms with van der Waals surface area (Å²) in [5.41, 5.74) is 1.21. The molecule has 1 aliphatic rings. The standard InChI is InChI=1S/C18H28N2O2/c1-4-16-6-5-13-20(16)18(21)19-12-11-15-7-9-17(10-8-15)22-14(2)3/h7-10,14,16H,4-6,11-13H2,1-3H3,(H,19,21). The molecule has 0 bridgehead atoms. The number of nitrogens with zero attached hydrogens (tertiary/aromatic N) is 1. The summed E-state index contributed by atoms with van der Waals surface area (Å²) in [7, 11) is 0. The third-order valence-corrected chi connectivity index (χ3v) is 4.09. The number of carbonyl (C=O) groups is 1. The van der Waals surface area contributed by atoms with Gasteiger partial charge >= 0.3 is 6.03 Å². The second kappa shape index (κ2) is 8.06. The lowest BCUT2D eigenvalue weighted by atomic mass is 10.1. The zero-order valence-electron chi connectivity index (χ0n) is 14.0. The molecule has 1 heterocycles. The molecule has 1 unspecified atom stereocenters. The lowest BCUT2D eigenvalue weighted by Gasteiger charge is -2.23. The number of nitrogens with one attached hydrogen (secondary N) is 1. The van der Waals surface area contributed by atoms with Crippen molar-refractivity contribution in [3.8, 4) is 5.75 Å². The van der Waals surface area contributed by atoms with Crippen LogP contribution >= 0.6 is 0 Å². The molecule has 0 aromatic heterocycles. The SMILES string of the molecule is CCC1CCCN1C(=O)NCCc1ccc(OC(C)C)cc1. The summed E-state index contributed by atoms with van der Waals surface area (Å²) < 4.78 is 5.63. The highest BCUT2D eigenvalue weighted by atomic mass is 16.5. The minimum atomic E-state index is 0.0871. The van der Waals surface area contributed by atoms with Gasteiger partial charge in [0.1, 0.15) is 5.75 Å². The van der Waals surface area contributed by atoms with E-state index in [4.69, 9.17) is 4.74 Å². The van der Waals surface area contributed by atoms with Gasteiger partial charge in [-0.15, -0.1) is 0 Å². The molecule has 0 radical (unpaired) electrons. The van der Waals surface area contributed by atoms with Crippen molar-refractivity contribution in [3.05, 3.63) is 29.8 Å². The summed E-state index contributed by atoms with van der Waals surface area (Å²) in [6, 6.07) is 8.62. The van der Waals surface area contributed by atoms with Crippen molar-refractivity contribution in [1.29, 1.82) is 0 Å². The summed E-state index contributed by atoms with van der Waals surface area (Å²) in [5, 5.41) is 3.04. The Hall–Kier alpha value is -1.71. The quantitative estimate of drug-likeness (QED) is 0.872.